The van der Waals surface area contributed by atoms with Gasteiger partial charge in [-0.2, -0.15) is 0 Å². The second-order valence-corrected chi connectivity index (χ2v) is 4.12. The molecule has 0 fully saturated rings. The molecule has 14 heavy (non-hydrogen) atoms. The summed E-state index contributed by atoms with van der Waals surface area (Å²) in [6, 6.07) is 1.92. The number of hydrogen-bond acceptors (Lipinski definition) is 2. The Hall–Kier alpha value is -1.18. The number of aryl methyl sites for hydroxylation is 1. The van der Waals surface area contributed by atoms with E-state index in [1.165, 1.54) is 0 Å². The van der Waals surface area contributed by atoms with Crippen LogP contribution in [0.2, 0.25) is 0 Å². The molecule has 0 aromatic carbocycles. The van der Waals surface area contributed by atoms with E-state index in [0.29, 0.717) is 24.5 Å². The number of nitrogens with zero attached hydrogens (tertiary/aromatic N) is 1. The normalized spacial score (nSPS) is 10.6. The molecule has 0 bridgehead atoms. The van der Waals surface area contributed by atoms with Crippen LogP contribution in [-0.4, -0.2) is 10.8 Å². The largest absolute Gasteiger partial charge is 0.299 e. The quantitative estimate of drug-likeness (QED) is 0.732. The smallest absolute Gasteiger partial charge is 0.137 e. The fourth-order valence-corrected chi connectivity index (χ4v) is 1.44. The minimum atomic E-state index is 0.314. The molecule has 76 valence electrons. The van der Waals surface area contributed by atoms with E-state index in [9.17, 15) is 4.79 Å². The van der Waals surface area contributed by atoms with E-state index in [4.69, 9.17) is 0 Å². The van der Waals surface area contributed by atoms with Gasteiger partial charge in [-0.05, 0) is 30.0 Å². The van der Waals surface area contributed by atoms with E-state index in [1.807, 2.05) is 13.0 Å². The predicted octanol–water partition coefficient (Wildman–Crippen LogP) is 2.55. The Bertz CT molecular complexity index is 318. The van der Waals surface area contributed by atoms with E-state index < -0.39 is 0 Å². The van der Waals surface area contributed by atoms with Crippen molar-refractivity contribution in [2.24, 2.45) is 5.92 Å². The minimum Gasteiger partial charge on any atom is -0.299 e. The molecule has 0 aliphatic rings. The fraction of sp³-hybridized carbons (Fsp3) is 0.500. The number of Topliss-reactive ketones (excluding diaryl/α,β-unsaturated/α-hetero) is 1. The first-order valence-corrected chi connectivity index (χ1v) is 5.00. The number of pyridine rings is 1. The average molecular weight is 191 g/mol. The Balaban J connectivity index is 2.61. The van der Waals surface area contributed by atoms with Crippen molar-refractivity contribution < 1.29 is 4.79 Å². The summed E-state index contributed by atoms with van der Waals surface area (Å²) in [5.41, 5.74) is 2.20. The highest BCUT2D eigenvalue weighted by Crippen LogP contribution is 2.09. The van der Waals surface area contributed by atoms with Crippen LogP contribution >= 0.6 is 0 Å². The van der Waals surface area contributed by atoms with E-state index >= 15 is 0 Å². The third kappa shape index (κ3) is 3.29. The van der Waals surface area contributed by atoms with Gasteiger partial charge < -0.3 is 0 Å². The Morgan fingerprint density at radius 1 is 1.50 bits per heavy atom. The Morgan fingerprint density at radius 3 is 2.79 bits per heavy atom. The number of hydrogen-bond donors (Lipinski definition) is 0. The van der Waals surface area contributed by atoms with Crippen LogP contribution in [0.5, 0.6) is 0 Å². The maximum absolute atomic E-state index is 11.6. The molecule has 0 spiro atoms. The number of aromatic nitrogens is 1. The van der Waals surface area contributed by atoms with Crippen LogP contribution in [0.4, 0.5) is 0 Å². The minimum absolute atomic E-state index is 0.314. The molecule has 0 amide bonds. The maximum Gasteiger partial charge on any atom is 0.137 e. The van der Waals surface area contributed by atoms with Crippen LogP contribution in [0.25, 0.3) is 0 Å². The van der Waals surface area contributed by atoms with Crippen LogP contribution in [-0.2, 0) is 11.2 Å². The monoisotopic (exact) mass is 191 g/mol. The molecular weight excluding hydrogens is 174 g/mol. The van der Waals surface area contributed by atoms with Gasteiger partial charge in [0.2, 0.25) is 0 Å². The van der Waals surface area contributed by atoms with Crippen LogP contribution in [0.15, 0.2) is 18.5 Å². The van der Waals surface area contributed by atoms with Crippen molar-refractivity contribution >= 4 is 5.78 Å². The molecule has 2 nitrogen and oxygen atoms in total. The lowest BCUT2D eigenvalue weighted by atomic mass is 10.00. The lowest BCUT2D eigenvalue weighted by molar-refractivity contribution is -0.119. The van der Waals surface area contributed by atoms with Crippen LogP contribution < -0.4 is 0 Å². The van der Waals surface area contributed by atoms with Crippen molar-refractivity contribution in [1.29, 1.82) is 0 Å². The number of ketones is 1. The van der Waals surface area contributed by atoms with Gasteiger partial charge in [-0.25, -0.2) is 0 Å². The molecular formula is C12H17NO. The molecule has 0 radical (unpaired) electrons. The van der Waals surface area contributed by atoms with E-state index in [2.05, 4.69) is 18.8 Å². The molecule has 0 aliphatic carbocycles. The van der Waals surface area contributed by atoms with Crippen LogP contribution in [0.1, 0.15) is 31.4 Å². The second kappa shape index (κ2) is 4.89. The highest BCUT2D eigenvalue weighted by Gasteiger charge is 2.07. The van der Waals surface area contributed by atoms with Crippen molar-refractivity contribution in [3.05, 3.63) is 29.6 Å². The first kappa shape index (κ1) is 10.9. The molecule has 2 heteroatoms. The van der Waals surface area contributed by atoms with Gasteiger partial charge in [0.15, 0.2) is 0 Å². The summed E-state index contributed by atoms with van der Waals surface area (Å²) in [7, 11) is 0. The van der Waals surface area contributed by atoms with Crippen LogP contribution in [0, 0.1) is 12.8 Å². The van der Waals surface area contributed by atoms with Gasteiger partial charge in [-0.15, -0.1) is 0 Å². The van der Waals surface area contributed by atoms with E-state index in [0.717, 1.165) is 11.1 Å². The number of carbonyl (C=O) groups excluding carboxylic acids is 1. The Morgan fingerprint density at radius 2 is 2.21 bits per heavy atom. The summed E-state index contributed by atoms with van der Waals surface area (Å²) in [5.74, 6) is 0.763. The summed E-state index contributed by atoms with van der Waals surface area (Å²) in [4.78, 5) is 15.6. The van der Waals surface area contributed by atoms with Gasteiger partial charge in [0, 0.05) is 25.2 Å². The molecule has 1 aromatic heterocycles. The molecule has 0 atom stereocenters. The van der Waals surface area contributed by atoms with Crippen molar-refractivity contribution in [2.75, 3.05) is 0 Å². The average Bonchev–Trinajstić information content (AvgIpc) is 2.07. The van der Waals surface area contributed by atoms with Gasteiger partial charge in [0.25, 0.3) is 0 Å². The number of carbonyl (C=O) groups is 1. The summed E-state index contributed by atoms with van der Waals surface area (Å²) < 4.78 is 0. The third-order valence-corrected chi connectivity index (χ3v) is 2.16. The second-order valence-electron chi connectivity index (χ2n) is 4.12. The summed E-state index contributed by atoms with van der Waals surface area (Å²) >= 11 is 0. The van der Waals surface area contributed by atoms with Crippen LogP contribution in [0.3, 0.4) is 0 Å². The van der Waals surface area contributed by atoms with E-state index in [1.54, 1.807) is 12.4 Å². The highest BCUT2D eigenvalue weighted by atomic mass is 16.1. The Kier molecular flexibility index (Phi) is 3.81. The lowest BCUT2D eigenvalue weighted by Crippen LogP contribution is -2.07. The molecule has 1 heterocycles. The van der Waals surface area contributed by atoms with Crippen molar-refractivity contribution in [3.63, 3.8) is 0 Å². The first-order valence-electron chi connectivity index (χ1n) is 5.00. The zero-order valence-corrected chi connectivity index (χ0v) is 9.08. The molecule has 0 saturated heterocycles. The topological polar surface area (TPSA) is 30.0 Å². The maximum atomic E-state index is 11.6. The number of rotatable bonds is 4. The zero-order valence-electron chi connectivity index (χ0n) is 9.08. The van der Waals surface area contributed by atoms with Crippen molar-refractivity contribution in [3.8, 4) is 0 Å². The highest BCUT2D eigenvalue weighted by molar-refractivity contribution is 5.81. The van der Waals surface area contributed by atoms with Gasteiger partial charge >= 0.3 is 0 Å². The fourth-order valence-electron chi connectivity index (χ4n) is 1.44. The third-order valence-electron chi connectivity index (χ3n) is 2.16. The molecule has 1 rings (SSSR count). The molecule has 0 N–H and O–H groups in total. The Labute approximate surface area is 85.4 Å². The molecule has 0 aliphatic heterocycles. The van der Waals surface area contributed by atoms with Gasteiger partial charge in [-0.1, -0.05) is 13.8 Å². The summed E-state index contributed by atoms with van der Waals surface area (Å²) in [6.45, 7) is 6.12. The van der Waals surface area contributed by atoms with Gasteiger partial charge in [-0.3, -0.25) is 9.78 Å². The van der Waals surface area contributed by atoms with Gasteiger partial charge in [0.05, 0.1) is 0 Å². The standard InChI is InChI=1S/C12H17NO/c1-9(2)6-12(14)7-11-4-5-13-8-10(11)3/h4-5,8-9H,6-7H2,1-3H3. The van der Waals surface area contributed by atoms with Crippen molar-refractivity contribution in [2.45, 2.75) is 33.6 Å². The molecule has 0 saturated carbocycles. The molecule has 1 aromatic rings. The first-order chi connectivity index (χ1) is 6.59. The van der Waals surface area contributed by atoms with Gasteiger partial charge in [0.1, 0.15) is 5.78 Å². The summed E-state index contributed by atoms with van der Waals surface area (Å²) in [6.07, 6.45) is 4.76. The SMILES string of the molecule is Cc1cnccc1CC(=O)CC(C)C. The summed E-state index contributed by atoms with van der Waals surface area (Å²) in [5, 5.41) is 0. The molecule has 0 unspecified atom stereocenters. The van der Waals surface area contributed by atoms with Crippen molar-refractivity contribution in [1.82, 2.24) is 4.98 Å². The lowest BCUT2D eigenvalue weighted by Gasteiger charge is -2.05. The zero-order chi connectivity index (χ0) is 10.6. The predicted molar refractivity (Wildman–Crippen MR) is 57.1 cm³/mol. The van der Waals surface area contributed by atoms with E-state index in [-0.39, 0.29) is 0 Å².